The number of carbonyl (C=O) groups is 6. The first-order chi connectivity index (χ1) is 15.2. The van der Waals surface area contributed by atoms with Crippen LogP contribution in [0.25, 0.3) is 0 Å². The molecule has 5 amide bonds. The first kappa shape index (κ1) is 29.8. The summed E-state index contributed by atoms with van der Waals surface area (Å²) in [5.41, 5.74) is 15.9. The highest BCUT2D eigenvalue weighted by molar-refractivity contribution is 5.96. The van der Waals surface area contributed by atoms with Gasteiger partial charge in [0, 0.05) is 0 Å². The second kappa shape index (κ2) is 14.0. The number of primary amides is 2. The Hall–Kier alpha value is -3.22. The van der Waals surface area contributed by atoms with E-state index in [1.807, 2.05) is 0 Å². The van der Waals surface area contributed by atoms with E-state index in [9.17, 15) is 33.9 Å². The predicted molar refractivity (Wildman–Crippen MR) is 118 cm³/mol. The number of aliphatic carboxylic acids is 1. The molecule has 0 aromatic rings. The van der Waals surface area contributed by atoms with E-state index in [2.05, 4.69) is 16.0 Å². The third kappa shape index (κ3) is 10.3. The van der Waals surface area contributed by atoms with Crippen LogP contribution in [0.5, 0.6) is 0 Å². The third-order valence-corrected chi connectivity index (χ3v) is 5.37. The lowest BCUT2D eigenvalue weighted by molar-refractivity contribution is -0.144. The van der Waals surface area contributed by atoms with E-state index >= 15 is 0 Å². The van der Waals surface area contributed by atoms with Crippen molar-refractivity contribution in [3.05, 3.63) is 0 Å². The minimum atomic E-state index is -1.47. The molecule has 0 saturated carbocycles. The van der Waals surface area contributed by atoms with Crippen LogP contribution in [0, 0.1) is 11.8 Å². The molecule has 0 fully saturated rings. The zero-order valence-corrected chi connectivity index (χ0v) is 19.4. The number of carbonyl (C=O) groups excluding carboxylic acids is 5. The number of hydrogen-bond acceptors (Lipinski definition) is 7. The van der Waals surface area contributed by atoms with Crippen LogP contribution in [0.1, 0.15) is 53.4 Å². The van der Waals surface area contributed by atoms with Crippen molar-refractivity contribution in [3.63, 3.8) is 0 Å². The standard InChI is InChI=1S/C20H36N6O7/c1-5-9(3)15(25-17(29)11(21)7-13(22)27)19(31)24-12(8-14(23)28)18(30)26-16(20(32)33)10(4)6-2/h9-12,15-16H,5-8,21H2,1-4H3,(H2,22,27)(H2,23,28)(H,24,31)(H,25,29)(H,26,30)(H,32,33). The summed E-state index contributed by atoms with van der Waals surface area (Å²) in [6.07, 6.45) is -0.116. The second-order valence-electron chi connectivity index (χ2n) is 8.09. The molecule has 0 spiro atoms. The monoisotopic (exact) mass is 472 g/mol. The van der Waals surface area contributed by atoms with Crippen molar-refractivity contribution in [1.82, 2.24) is 16.0 Å². The molecule has 0 heterocycles. The number of amides is 5. The molecule has 0 radical (unpaired) electrons. The normalized spacial score (nSPS) is 16.3. The van der Waals surface area contributed by atoms with Gasteiger partial charge in [0.2, 0.25) is 29.5 Å². The first-order valence-electron chi connectivity index (χ1n) is 10.7. The largest absolute Gasteiger partial charge is 0.480 e. The van der Waals surface area contributed by atoms with E-state index in [4.69, 9.17) is 17.2 Å². The summed E-state index contributed by atoms with van der Waals surface area (Å²) in [4.78, 5) is 71.9. The molecular weight excluding hydrogens is 436 g/mol. The van der Waals surface area contributed by atoms with Gasteiger partial charge in [-0.1, -0.05) is 40.5 Å². The Morgan fingerprint density at radius 1 is 0.727 bits per heavy atom. The molecule has 0 aromatic heterocycles. The lowest BCUT2D eigenvalue weighted by Gasteiger charge is -2.28. The highest BCUT2D eigenvalue weighted by Gasteiger charge is 2.34. The van der Waals surface area contributed by atoms with Gasteiger partial charge in [-0.25, -0.2) is 4.79 Å². The van der Waals surface area contributed by atoms with Crippen LogP contribution >= 0.6 is 0 Å². The zero-order chi connectivity index (χ0) is 25.9. The summed E-state index contributed by atoms with van der Waals surface area (Å²) < 4.78 is 0. The Labute approximate surface area is 192 Å². The molecule has 0 rings (SSSR count). The molecule has 6 atom stereocenters. The van der Waals surface area contributed by atoms with Crippen molar-refractivity contribution >= 4 is 35.5 Å². The molecule has 10 N–H and O–H groups in total. The van der Waals surface area contributed by atoms with Gasteiger partial charge in [-0.05, 0) is 11.8 Å². The molecule has 13 nitrogen and oxygen atoms in total. The minimum Gasteiger partial charge on any atom is -0.480 e. The smallest absolute Gasteiger partial charge is 0.326 e. The van der Waals surface area contributed by atoms with Gasteiger partial charge in [-0.3, -0.25) is 24.0 Å². The predicted octanol–water partition coefficient (Wildman–Crippen LogP) is -2.30. The second-order valence-corrected chi connectivity index (χ2v) is 8.09. The van der Waals surface area contributed by atoms with E-state index in [-0.39, 0.29) is 0 Å². The highest BCUT2D eigenvalue weighted by Crippen LogP contribution is 2.11. The van der Waals surface area contributed by atoms with Gasteiger partial charge in [0.05, 0.1) is 18.9 Å². The van der Waals surface area contributed by atoms with Crippen LogP contribution in [0.15, 0.2) is 0 Å². The maximum absolute atomic E-state index is 12.9. The summed E-state index contributed by atoms with van der Waals surface area (Å²) in [5.74, 6) is -6.32. The van der Waals surface area contributed by atoms with Gasteiger partial charge in [0.1, 0.15) is 18.1 Å². The number of carboxylic acids is 1. The molecule has 0 aliphatic heterocycles. The molecule has 188 valence electrons. The van der Waals surface area contributed by atoms with Gasteiger partial charge in [0.15, 0.2) is 0 Å². The zero-order valence-electron chi connectivity index (χ0n) is 19.4. The van der Waals surface area contributed by atoms with Crippen LogP contribution in [-0.4, -0.2) is 64.8 Å². The van der Waals surface area contributed by atoms with Crippen molar-refractivity contribution in [2.75, 3.05) is 0 Å². The molecule has 0 aromatic carbocycles. The van der Waals surface area contributed by atoms with Crippen molar-refractivity contribution in [2.24, 2.45) is 29.0 Å². The van der Waals surface area contributed by atoms with Crippen LogP contribution in [-0.2, 0) is 28.8 Å². The van der Waals surface area contributed by atoms with Crippen LogP contribution in [0.3, 0.4) is 0 Å². The SMILES string of the molecule is CCC(C)C(NC(=O)C(CC(N)=O)NC(=O)C(NC(=O)C(N)CC(N)=O)C(C)CC)C(=O)O. The summed E-state index contributed by atoms with van der Waals surface area (Å²) >= 11 is 0. The topological polar surface area (TPSA) is 237 Å². The Kier molecular flexibility index (Phi) is 12.7. The lowest BCUT2D eigenvalue weighted by Crippen LogP contribution is -2.59. The Morgan fingerprint density at radius 2 is 1.18 bits per heavy atom. The summed E-state index contributed by atoms with van der Waals surface area (Å²) in [6.45, 7) is 6.80. The maximum atomic E-state index is 12.9. The molecule has 0 saturated heterocycles. The maximum Gasteiger partial charge on any atom is 0.326 e. The van der Waals surface area contributed by atoms with Crippen molar-refractivity contribution < 1.29 is 33.9 Å². The van der Waals surface area contributed by atoms with E-state index in [0.717, 1.165) is 0 Å². The Morgan fingerprint density at radius 3 is 1.61 bits per heavy atom. The van der Waals surface area contributed by atoms with E-state index < -0.39 is 84.4 Å². The van der Waals surface area contributed by atoms with E-state index in [1.54, 1.807) is 27.7 Å². The number of nitrogens with two attached hydrogens (primary N) is 3. The third-order valence-electron chi connectivity index (χ3n) is 5.37. The molecule has 0 bridgehead atoms. The van der Waals surface area contributed by atoms with Gasteiger partial charge >= 0.3 is 5.97 Å². The number of nitrogens with one attached hydrogen (secondary N) is 3. The average Bonchev–Trinajstić information content (AvgIpc) is 2.72. The van der Waals surface area contributed by atoms with Crippen molar-refractivity contribution in [1.29, 1.82) is 0 Å². The molecular formula is C20H36N6O7. The minimum absolute atomic E-state index is 0.418. The molecule has 6 unspecified atom stereocenters. The average molecular weight is 473 g/mol. The highest BCUT2D eigenvalue weighted by atomic mass is 16.4. The van der Waals surface area contributed by atoms with Crippen LogP contribution < -0.4 is 33.2 Å². The molecule has 0 aliphatic carbocycles. The number of rotatable bonds is 15. The molecule has 13 heteroatoms. The summed E-state index contributed by atoms with van der Waals surface area (Å²) in [5, 5.41) is 16.5. The van der Waals surface area contributed by atoms with Crippen molar-refractivity contribution in [3.8, 4) is 0 Å². The van der Waals surface area contributed by atoms with E-state index in [0.29, 0.717) is 12.8 Å². The lowest BCUT2D eigenvalue weighted by atomic mass is 9.96. The number of carboxylic acid groups (broad SMARTS) is 1. The van der Waals surface area contributed by atoms with Crippen LogP contribution in [0.4, 0.5) is 0 Å². The van der Waals surface area contributed by atoms with Crippen LogP contribution in [0.2, 0.25) is 0 Å². The Bertz CT molecular complexity index is 744. The fourth-order valence-electron chi connectivity index (χ4n) is 2.88. The van der Waals surface area contributed by atoms with Gasteiger partial charge in [0.25, 0.3) is 0 Å². The quantitative estimate of drug-likeness (QED) is 0.136. The fourth-order valence-corrected chi connectivity index (χ4v) is 2.88. The molecule has 0 aliphatic rings. The molecule has 33 heavy (non-hydrogen) atoms. The number of hydrogen-bond donors (Lipinski definition) is 7. The Balaban J connectivity index is 5.64. The van der Waals surface area contributed by atoms with Gasteiger partial charge in [-0.15, -0.1) is 0 Å². The first-order valence-corrected chi connectivity index (χ1v) is 10.7. The van der Waals surface area contributed by atoms with Gasteiger partial charge < -0.3 is 38.3 Å². The van der Waals surface area contributed by atoms with Crippen molar-refractivity contribution in [2.45, 2.75) is 77.5 Å². The van der Waals surface area contributed by atoms with Gasteiger partial charge in [-0.2, -0.15) is 0 Å². The summed E-state index contributed by atoms with van der Waals surface area (Å²) in [7, 11) is 0. The summed E-state index contributed by atoms with van der Waals surface area (Å²) in [6, 6.07) is -5.15. The van der Waals surface area contributed by atoms with E-state index in [1.165, 1.54) is 0 Å². The fraction of sp³-hybridized carbons (Fsp3) is 0.700.